The molecule has 28 heavy (non-hydrogen) atoms. The molecule has 0 aliphatic carbocycles. The van der Waals surface area contributed by atoms with Gasteiger partial charge in [0.25, 0.3) is 0 Å². The number of benzene rings is 2. The molecule has 1 aromatic heterocycles. The molecule has 0 amide bonds. The zero-order valence-electron chi connectivity index (χ0n) is 16.6. The maximum Gasteiger partial charge on any atom is 0.416 e. The van der Waals surface area contributed by atoms with Gasteiger partial charge in [-0.2, -0.15) is 13.2 Å². The van der Waals surface area contributed by atoms with Crippen molar-refractivity contribution in [2.75, 3.05) is 0 Å². The Morgan fingerprint density at radius 1 is 1.00 bits per heavy atom. The molecule has 2 aromatic carbocycles. The molecule has 0 atom stereocenters. The third-order valence-electron chi connectivity index (χ3n) is 4.77. The van der Waals surface area contributed by atoms with Crippen molar-refractivity contribution in [3.8, 4) is 17.1 Å². The number of hydrogen-bond donors (Lipinski definition) is 0. The average molecular weight is 386 g/mol. The molecule has 148 valence electrons. The second-order valence-corrected chi connectivity index (χ2v) is 7.80. The SMILES string of the molecule is CC(C)Cc1ccccc1-c1nccn1-c1ccc(C(C)C)c(C(F)(F)F)c1. The zero-order valence-corrected chi connectivity index (χ0v) is 16.6. The highest BCUT2D eigenvalue weighted by molar-refractivity contribution is 5.63. The van der Waals surface area contributed by atoms with Crippen LogP contribution in [0.2, 0.25) is 0 Å². The fraction of sp³-hybridized carbons (Fsp3) is 0.348. The molecule has 0 fully saturated rings. The second-order valence-electron chi connectivity index (χ2n) is 7.80. The lowest BCUT2D eigenvalue weighted by molar-refractivity contribution is -0.138. The fourth-order valence-electron chi connectivity index (χ4n) is 3.51. The lowest BCUT2D eigenvalue weighted by Crippen LogP contribution is -2.11. The summed E-state index contributed by atoms with van der Waals surface area (Å²) in [6.07, 6.45) is -0.174. The van der Waals surface area contributed by atoms with Crippen molar-refractivity contribution in [1.82, 2.24) is 9.55 Å². The number of halogens is 3. The van der Waals surface area contributed by atoms with Crippen LogP contribution >= 0.6 is 0 Å². The molecular weight excluding hydrogens is 361 g/mol. The molecule has 0 aliphatic heterocycles. The van der Waals surface area contributed by atoms with Crippen LogP contribution in [0.5, 0.6) is 0 Å². The van der Waals surface area contributed by atoms with Crippen LogP contribution in [0.1, 0.15) is 50.3 Å². The Morgan fingerprint density at radius 3 is 2.36 bits per heavy atom. The minimum absolute atomic E-state index is 0.209. The Balaban J connectivity index is 2.14. The van der Waals surface area contributed by atoms with Crippen molar-refractivity contribution >= 4 is 0 Å². The zero-order chi connectivity index (χ0) is 20.5. The van der Waals surface area contributed by atoms with Crippen LogP contribution in [0.4, 0.5) is 13.2 Å². The van der Waals surface area contributed by atoms with Gasteiger partial charge in [0, 0.05) is 23.6 Å². The summed E-state index contributed by atoms with van der Waals surface area (Å²) in [5, 5.41) is 0. The molecule has 1 heterocycles. The summed E-state index contributed by atoms with van der Waals surface area (Å²) in [6, 6.07) is 12.5. The highest BCUT2D eigenvalue weighted by atomic mass is 19.4. The number of nitrogens with zero attached hydrogens (tertiary/aromatic N) is 2. The van der Waals surface area contributed by atoms with Crippen LogP contribution in [0.3, 0.4) is 0 Å². The van der Waals surface area contributed by atoms with E-state index in [4.69, 9.17) is 0 Å². The van der Waals surface area contributed by atoms with E-state index in [1.54, 1.807) is 42.9 Å². The van der Waals surface area contributed by atoms with E-state index in [2.05, 4.69) is 24.9 Å². The van der Waals surface area contributed by atoms with Crippen molar-refractivity contribution in [2.45, 2.75) is 46.2 Å². The summed E-state index contributed by atoms with van der Waals surface area (Å²) in [5.41, 5.74) is 2.26. The lowest BCUT2D eigenvalue weighted by atomic mass is 9.95. The number of aromatic nitrogens is 2. The van der Waals surface area contributed by atoms with Gasteiger partial charge >= 0.3 is 6.18 Å². The monoisotopic (exact) mass is 386 g/mol. The molecule has 0 unspecified atom stereocenters. The van der Waals surface area contributed by atoms with E-state index in [1.165, 1.54) is 6.07 Å². The van der Waals surface area contributed by atoms with Crippen molar-refractivity contribution in [1.29, 1.82) is 0 Å². The Kier molecular flexibility index (Phi) is 5.64. The summed E-state index contributed by atoms with van der Waals surface area (Å²) in [4.78, 5) is 4.46. The second kappa shape index (κ2) is 7.82. The highest BCUT2D eigenvalue weighted by Gasteiger charge is 2.34. The predicted molar refractivity (Wildman–Crippen MR) is 107 cm³/mol. The van der Waals surface area contributed by atoms with E-state index in [-0.39, 0.29) is 5.92 Å². The molecule has 2 nitrogen and oxygen atoms in total. The first kappa shape index (κ1) is 20.2. The molecule has 0 aliphatic rings. The summed E-state index contributed by atoms with van der Waals surface area (Å²) in [7, 11) is 0. The van der Waals surface area contributed by atoms with E-state index in [0.717, 1.165) is 17.5 Å². The normalized spacial score (nSPS) is 12.2. The van der Waals surface area contributed by atoms with Crippen LogP contribution in [-0.4, -0.2) is 9.55 Å². The molecule has 3 aromatic rings. The van der Waals surface area contributed by atoms with E-state index in [0.29, 0.717) is 23.0 Å². The quantitative estimate of drug-likeness (QED) is 0.467. The molecule has 5 heteroatoms. The molecule has 0 bridgehead atoms. The molecule has 0 N–H and O–H groups in total. The van der Waals surface area contributed by atoms with Crippen LogP contribution in [0.25, 0.3) is 17.1 Å². The summed E-state index contributed by atoms with van der Waals surface area (Å²) >= 11 is 0. The largest absolute Gasteiger partial charge is 0.416 e. The molecule has 0 saturated carbocycles. The van der Waals surface area contributed by atoms with E-state index >= 15 is 0 Å². The Morgan fingerprint density at radius 2 is 1.71 bits per heavy atom. The van der Waals surface area contributed by atoms with Gasteiger partial charge in [0.1, 0.15) is 5.82 Å². The van der Waals surface area contributed by atoms with E-state index < -0.39 is 11.7 Å². The van der Waals surface area contributed by atoms with Gasteiger partial charge in [-0.05, 0) is 41.5 Å². The first-order valence-corrected chi connectivity index (χ1v) is 9.51. The lowest BCUT2D eigenvalue weighted by Gasteiger charge is -2.18. The van der Waals surface area contributed by atoms with Gasteiger partial charge in [-0.3, -0.25) is 4.57 Å². The minimum atomic E-state index is -4.40. The topological polar surface area (TPSA) is 17.8 Å². The fourth-order valence-corrected chi connectivity index (χ4v) is 3.51. The third-order valence-corrected chi connectivity index (χ3v) is 4.77. The van der Waals surface area contributed by atoms with Crippen molar-refractivity contribution in [3.63, 3.8) is 0 Å². The number of hydrogen-bond acceptors (Lipinski definition) is 1. The van der Waals surface area contributed by atoms with Crippen LogP contribution in [0, 0.1) is 5.92 Å². The van der Waals surface area contributed by atoms with E-state index in [1.807, 2.05) is 18.2 Å². The number of alkyl halides is 3. The minimum Gasteiger partial charge on any atom is -0.300 e. The third kappa shape index (κ3) is 4.13. The Hall–Kier alpha value is -2.56. The van der Waals surface area contributed by atoms with Crippen molar-refractivity contribution in [3.05, 3.63) is 71.5 Å². The van der Waals surface area contributed by atoms with Gasteiger partial charge in [-0.25, -0.2) is 4.98 Å². The molecule has 0 saturated heterocycles. The van der Waals surface area contributed by atoms with Gasteiger partial charge in [0.05, 0.1) is 5.56 Å². The summed E-state index contributed by atoms with van der Waals surface area (Å²) in [5.74, 6) is 0.910. The first-order chi connectivity index (χ1) is 13.2. The maximum atomic E-state index is 13.6. The van der Waals surface area contributed by atoms with Gasteiger partial charge in [0.2, 0.25) is 0 Å². The van der Waals surface area contributed by atoms with Crippen LogP contribution in [-0.2, 0) is 12.6 Å². The molecule has 0 spiro atoms. The van der Waals surface area contributed by atoms with Gasteiger partial charge in [-0.1, -0.05) is 58.0 Å². The molecular formula is C23H25F3N2. The first-order valence-electron chi connectivity index (χ1n) is 9.51. The van der Waals surface area contributed by atoms with Gasteiger partial charge in [0.15, 0.2) is 0 Å². The summed E-state index contributed by atoms with van der Waals surface area (Å²) < 4.78 is 42.6. The van der Waals surface area contributed by atoms with Crippen LogP contribution in [0.15, 0.2) is 54.9 Å². The maximum absolute atomic E-state index is 13.6. The van der Waals surface area contributed by atoms with Crippen molar-refractivity contribution < 1.29 is 13.2 Å². The standard InChI is InChI=1S/C23H25F3N2/c1-15(2)13-17-7-5-6-8-20(17)22-27-11-12-28(22)18-9-10-19(16(3)4)21(14-18)23(24,25)26/h5-12,14-16H,13H2,1-4H3. The highest BCUT2D eigenvalue weighted by Crippen LogP contribution is 2.37. The van der Waals surface area contributed by atoms with Crippen LogP contribution < -0.4 is 0 Å². The van der Waals surface area contributed by atoms with Gasteiger partial charge in [-0.15, -0.1) is 0 Å². The molecule has 3 rings (SSSR count). The van der Waals surface area contributed by atoms with E-state index in [9.17, 15) is 13.2 Å². The van der Waals surface area contributed by atoms with Gasteiger partial charge < -0.3 is 0 Å². The number of rotatable bonds is 5. The smallest absolute Gasteiger partial charge is 0.300 e. The summed E-state index contributed by atoms with van der Waals surface area (Å²) in [6.45, 7) is 7.83. The Labute approximate surface area is 164 Å². The molecule has 0 radical (unpaired) electrons. The number of imidazole rings is 1. The average Bonchev–Trinajstić information content (AvgIpc) is 3.10. The Bertz CT molecular complexity index is 952. The predicted octanol–water partition coefficient (Wildman–Crippen LogP) is 6.88. The van der Waals surface area contributed by atoms with Crippen molar-refractivity contribution in [2.24, 2.45) is 5.92 Å².